The molecule has 0 aliphatic carbocycles. The minimum Gasteiger partial charge on any atom is -0.463 e. The van der Waals surface area contributed by atoms with Gasteiger partial charge in [-0.1, -0.05) is 48.5 Å². The first-order valence-electron chi connectivity index (χ1n) is 10.4. The number of amides is 1. The van der Waals surface area contributed by atoms with Crippen molar-refractivity contribution in [1.29, 1.82) is 0 Å². The number of carbonyl (C=O) groups excluding carboxylic acids is 1. The fraction of sp³-hybridized carbons (Fsp3) is 0.200. The molecule has 1 amide bonds. The summed E-state index contributed by atoms with van der Waals surface area (Å²) in [6.45, 7) is 4.43. The summed E-state index contributed by atoms with van der Waals surface area (Å²) in [5, 5.41) is 0.886. The lowest BCUT2D eigenvalue weighted by molar-refractivity contribution is -0.917. The number of nitrogens with one attached hydrogen (secondary N) is 1. The SMILES string of the molecule is O=C(c1cc(-c2ccco2)nc2ccccc12)N1CC[NH+](Cc2ccccc2)CC1. The lowest BCUT2D eigenvalue weighted by Crippen LogP contribution is -3.13. The highest BCUT2D eigenvalue weighted by atomic mass is 16.3. The quantitative estimate of drug-likeness (QED) is 0.575. The average molecular weight is 398 g/mol. The van der Waals surface area contributed by atoms with Crippen LogP contribution in [0.3, 0.4) is 0 Å². The topological polar surface area (TPSA) is 50.8 Å². The zero-order chi connectivity index (χ0) is 20.3. The molecule has 2 aromatic carbocycles. The molecule has 1 aliphatic rings. The molecule has 5 rings (SSSR count). The molecule has 0 radical (unpaired) electrons. The van der Waals surface area contributed by atoms with Crippen LogP contribution < -0.4 is 4.90 Å². The van der Waals surface area contributed by atoms with Crippen LogP contribution in [0.5, 0.6) is 0 Å². The number of pyridine rings is 1. The van der Waals surface area contributed by atoms with Gasteiger partial charge in [0.05, 0.1) is 43.5 Å². The van der Waals surface area contributed by atoms with E-state index in [1.165, 1.54) is 10.5 Å². The molecule has 0 spiro atoms. The first-order chi connectivity index (χ1) is 14.8. The molecule has 3 heterocycles. The Morgan fingerprint density at radius 3 is 2.50 bits per heavy atom. The maximum atomic E-state index is 13.5. The van der Waals surface area contributed by atoms with Crippen molar-refractivity contribution in [3.8, 4) is 11.5 Å². The zero-order valence-corrected chi connectivity index (χ0v) is 16.8. The van der Waals surface area contributed by atoms with Crippen molar-refractivity contribution in [2.24, 2.45) is 0 Å². The summed E-state index contributed by atoms with van der Waals surface area (Å²) in [7, 11) is 0. The van der Waals surface area contributed by atoms with Crippen molar-refractivity contribution in [1.82, 2.24) is 9.88 Å². The normalized spacial score (nSPS) is 14.9. The summed E-state index contributed by atoms with van der Waals surface area (Å²) < 4.78 is 5.53. The Labute approximate surface area is 175 Å². The number of hydrogen-bond acceptors (Lipinski definition) is 3. The summed E-state index contributed by atoms with van der Waals surface area (Å²) >= 11 is 0. The summed E-state index contributed by atoms with van der Waals surface area (Å²) in [5.41, 5.74) is 3.53. The van der Waals surface area contributed by atoms with Gasteiger partial charge in [0, 0.05) is 10.9 Å². The summed E-state index contributed by atoms with van der Waals surface area (Å²) in [6.07, 6.45) is 1.63. The van der Waals surface area contributed by atoms with E-state index in [4.69, 9.17) is 9.40 Å². The van der Waals surface area contributed by atoms with Crippen molar-refractivity contribution in [2.75, 3.05) is 26.2 Å². The van der Waals surface area contributed by atoms with Gasteiger partial charge in [-0.2, -0.15) is 0 Å². The zero-order valence-electron chi connectivity index (χ0n) is 16.8. The van der Waals surface area contributed by atoms with Crippen molar-refractivity contribution in [2.45, 2.75) is 6.54 Å². The number of nitrogens with zero attached hydrogens (tertiary/aromatic N) is 2. The molecule has 0 saturated carbocycles. The number of aromatic nitrogens is 1. The van der Waals surface area contributed by atoms with Gasteiger partial charge in [0.1, 0.15) is 12.2 Å². The van der Waals surface area contributed by atoms with Crippen LogP contribution in [-0.4, -0.2) is 42.0 Å². The van der Waals surface area contributed by atoms with Crippen LogP contribution in [0, 0.1) is 0 Å². The predicted octanol–water partition coefficient (Wildman–Crippen LogP) is 3.04. The van der Waals surface area contributed by atoms with Crippen LogP contribution in [0.4, 0.5) is 0 Å². The molecular weight excluding hydrogens is 374 g/mol. The first-order valence-corrected chi connectivity index (χ1v) is 10.4. The molecule has 1 N–H and O–H groups in total. The van der Waals surface area contributed by atoms with E-state index in [0.29, 0.717) is 17.0 Å². The van der Waals surface area contributed by atoms with Gasteiger partial charge in [0.15, 0.2) is 5.76 Å². The number of para-hydroxylation sites is 1. The van der Waals surface area contributed by atoms with E-state index >= 15 is 0 Å². The van der Waals surface area contributed by atoms with E-state index < -0.39 is 0 Å². The highest BCUT2D eigenvalue weighted by Gasteiger charge is 2.26. The number of carbonyl (C=O) groups is 1. The molecule has 4 aromatic rings. The maximum Gasteiger partial charge on any atom is 0.255 e. The van der Waals surface area contributed by atoms with Crippen LogP contribution in [0.1, 0.15) is 15.9 Å². The molecule has 150 valence electrons. The number of rotatable bonds is 4. The van der Waals surface area contributed by atoms with Gasteiger partial charge in [0.2, 0.25) is 0 Å². The number of quaternary nitrogens is 1. The molecule has 0 unspecified atom stereocenters. The van der Waals surface area contributed by atoms with E-state index in [2.05, 4.69) is 24.3 Å². The minimum absolute atomic E-state index is 0.0696. The van der Waals surface area contributed by atoms with Crippen molar-refractivity contribution >= 4 is 16.8 Å². The molecule has 0 atom stereocenters. The number of fused-ring (bicyclic) bond motifs is 1. The fourth-order valence-electron chi connectivity index (χ4n) is 4.16. The maximum absolute atomic E-state index is 13.5. The summed E-state index contributed by atoms with van der Waals surface area (Å²) in [6, 6.07) is 23.9. The van der Waals surface area contributed by atoms with Crippen molar-refractivity contribution < 1.29 is 14.1 Å². The standard InChI is InChI=1S/C25H23N3O2/c29-25(28-14-12-27(13-15-28)18-19-7-2-1-3-8-19)21-17-23(24-11-6-16-30-24)26-22-10-5-4-9-20(21)22/h1-11,16-17H,12-15,18H2/p+1. The van der Waals surface area contributed by atoms with Crippen molar-refractivity contribution in [3.05, 3.63) is 90.2 Å². The summed E-state index contributed by atoms with van der Waals surface area (Å²) in [4.78, 5) is 21.6. The Morgan fingerprint density at radius 2 is 1.73 bits per heavy atom. The number of benzene rings is 2. The third-order valence-corrected chi connectivity index (χ3v) is 5.77. The van der Waals surface area contributed by atoms with E-state index in [1.807, 2.05) is 53.4 Å². The molecule has 2 aromatic heterocycles. The van der Waals surface area contributed by atoms with Gasteiger partial charge in [-0.25, -0.2) is 4.98 Å². The predicted molar refractivity (Wildman–Crippen MR) is 116 cm³/mol. The second-order valence-corrected chi connectivity index (χ2v) is 7.75. The van der Waals surface area contributed by atoms with E-state index in [0.717, 1.165) is 43.6 Å². The van der Waals surface area contributed by atoms with Crippen LogP contribution in [0.2, 0.25) is 0 Å². The van der Waals surface area contributed by atoms with E-state index in [-0.39, 0.29) is 5.91 Å². The Kier molecular flexibility index (Phi) is 5.03. The number of furan rings is 1. The Balaban J connectivity index is 1.37. The molecule has 30 heavy (non-hydrogen) atoms. The van der Waals surface area contributed by atoms with Crippen LogP contribution in [0.15, 0.2) is 83.5 Å². The molecule has 1 saturated heterocycles. The molecule has 5 nitrogen and oxygen atoms in total. The van der Waals surface area contributed by atoms with Gasteiger partial charge < -0.3 is 14.2 Å². The van der Waals surface area contributed by atoms with E-state index in [1.54, 1.807) is 6.26 Å². The smallest absolute Gasteiger partial charge is 0.255 e. The number of hydrogen-bond donors (Lipinski definition) is 1. The van der Waals surface area contributed by atoms with Gasteiger partial charge >= 0.3 is 0 Å². The summed E-state index contributed by atoms with van der Waals surface area (Å²) in [5.74, 6) is 0.743. The average Bonchev–Trinajstić information content (AvgIpc) is 3.34. The molecule has 1 aliphatic heterocycles. The van der Waals surface area contributed by atoms with Gasteiger partial charge in [-0.05, 0) is 24.3 Å². The second-order valence-electron chi connectivity index (χ2n) is 7.75. The van der Waals surface area contributed by atoms with Gasteiger partial charge in [-0.3, -0.25) is 4.79 Å². The third-order valence-electron chi connectivity index (χ3n) is 5.77. The van der Waals surface area contributed by atoms with E-state index in [9.17, 15) is 4.79 Å². The first kappa shape index (κ1) is 18.6. The Hall–Kier alpha value is -3.44. The largest absolute Gasteiger partial charge is 0.463 e. The highest BCUT2D eigenvalue weighted by Crippen LogP contribution is 2.26. The van der Waals surface area contributed by atoms with Gasteiger partial charge in [0.25, 0.3) is 5.91 Å². The minimum atomic E-state index is 0.0696. The third kappa shape index (κ3) is 3.72. The van der Waals surface area contributed by atoms with Crippen LogP contribution >= 0.6 is 0 Å². The van der Waals surface area contributed by atoms with Gasteiger partial charge in [-0.15, -0.1) is 0 Å². The molecule has 1 fully saturated rings. The monoisotopic (exact) mass is 398 g/mol. The molecule has 0 bridgehead atoms. The molecular formula is C25H24N3O2+. The fourth-order valence-corrected chi connectivity index (χ4v) is 4.16. The lowest BCUT2D eigenvalue weighted by atomic mass is 10.0. The van der Waals surface area contributed by atoms with Crippen LogP contribution in [-0.2, 0) is 6.54 Å². The Bertz CT molecular complexity index is 1150. The molecule has 5 heteroatoms. The van der Waals surface area contributed by atoms with Crippen molar-refractivity contribution in [3.63, 3.8) is 0 Å². The Morgan fingerprint density at radius 1 is 0.967 bits per heavy atom. The highest BCUT2D eigenvalue weighted by molar-refractivity contribution is 6.07. The second kappa shape index (κ2) is 8.13. The lowest BCUT2D eigenvalue weighted by Gasteiger charge is -2.32. The number of piperazine rings is 1. The van der Waals surface area contributed by atoms with Crippen LogP contribution in [0.25, 0.3) is 22.4 Å².